The summed E-state index contributed by atoms with van der Waals surface area (Å²) in [6, 6.07) is 0. The van der Waals surface area contributed by atoms with Gasteiger partial charge < -0.3 is 9.88 Å². The third-order valence-electron chi connectivity index (χ3n) is 4.13. The van der Waals surface area contributed by atoms with Crippen LogP contribution in [0, 0.1) is 0 Å². The molecule has 3 aromatic rings. The number of nitrogens with one attached hydrogen (secondary N) is 1. The molecule has 0 aromatic carbocycles. The zero-order chi connectivity index (χ0) is 16.5. The molecule has 0 amide bonds. The van der Waals surface area contributed by atoms with Gasteiger partial charge in [0.05, 0.1) is 15.3 Å². The molecule has 1 fully saturated rings. The molecule has 0 bridgehead atoms. The third-order valence-corrected chi connectivity index (χ3v) is 5.36. The van der Waals surface area contributed by atoms with Gasteiger partial charge in [-0.25, -0.2) is 19.9 Å². The lowest BCUT2D eigenvalue weighted by Gasteiger charge is -2.18. The Bertz CT molecular complexity index is 860. The standard InChI is InChI=1S/C16H17ClN6S/c1-2-11-13(17)12-14(20-11)21-16(24-10-7-18-9-19-8-10)22-15(12)23-5-3-4-6-23/h7-9H,2-6H2,1H3,(H,20,21,22). The molecule has 0 saturated carbocycles. The summed E-state index contributed by atoms with van der Waals surface area (Å²) in [7, 11) is 0. The number of rotatable bonds is 4. The van der Waals surface area contributed by atoms with Crippen LogP contribution in [0.4, 0.5) is 5.82 Å². The maximum Gasteiger partial charge on any atom is 0.196 e. The largest absolute Gasteiger partial charge is 0.356 e. The molecule has 0 atom stereocenters. The van der Waals surface area contributed by atoms with Crippen LogP contribution in [0.1, 0.15) is 25.5 Å². The van der Waals surface area contributed by atoms with Gasteiger partial charge in [-0.15, -0.1) is 0 Å². The second-order valence-corrected chi connectivity index (χ2v) is 7.11. The Morgan fingerprint density at radius 2 is 1.96 bits per heavy atom. The summed E-state index contributed by atoms with van der Waals surface area (Å²) in [5.74, 6) is 0.929. The fraction of sp³-hybridized carbons (Fsp3) is 0.375. The number of H-pyrrole nitrogens is 1. The van der Waals surface area contributed by atoms with Crippen molar-refractivity contribution < 1.29 is 0 Å². The second kappa shape index (κ2) is 6.57. The quantitative estimate of drug-likeness (QED) is 0.715. The summed E-state index contributed by atoms with van der Waals surface area (Å²) < 4.78 is 0. The van der Waals surface area contributed by atoms with E-state index in [1.165, 1.54) is 30.9 Å². The van der Waals surface area contributed by atoms with Gasteiger partial charge in [0.1, 0.15) is 17.8 Å². The van der Waals surface area contributed by atoms with Gasteiger partial charge >= 0.3 is 0 Å². The topological polar surface area (TPSA) is 70.6 Å². The minimum absolute atomic E-state index is 0.680. The lowest BCUT2D eigenvalue weighted by molar-refractivity contribution is 0.895. The Hall–Kier alpha value is -1.86. The molecule has 6 nitrogen and oxygen atoms in total. The smallest absolute Gasteiger partial charge is 0.196 e. The van der Waals surface area contributed by atoms with E-state index in [0.717, 1.165) is 52.0 Å². The number of anilines is 1. The second-order valence-electron chi connectivity index (χ2n) is 5.69. The Morgan fingerprint density at radius 3 is 2.67 bits per heavy atom. The predicted molar refractivity (Wildman–Crippen MR) is 95.9 cm³/mol. The summed E-state index contributed by atoms with van der Waals surface area (Å²) in [6.45, 7) is 4.10. The van der Waals surface area contributed by atoms with E-state index in [0.29, 0.717) is 5.16 Å². The molecule has 0 radical (unpaired) electrons. The highest BCUT2D eigenvalue weighted by Crippen LogP contribution is 2.37. The molecule has 24 heavy (non-hydrogen) atoms. The van der Waals surface area contributed by atoms with Gasteiger partial charge in [0.2, 0.25) is 0 Å². The molecule has 1 aliphatic heterocycles. The lowest BCUT2D eigenvalue weighted by atomic mass is 10.3. The first-order valence-electron chi connectivity index (χ1n) is 8.02. The Labute approximate surface area is 149 Å². The van der Waals surface area contributed by atoms with Crippen LogP contribution in [-0.2, 0) is 6.42 Å². The number of hydrogen-bond acceptors (Lipinski definition) is 6. The summed E-state index contributed by atoms with van der Waals surface area (Å²) in [6.07, 6.45) is 8.25. The summed E-state index contributed by atoms with van der Waals surface area (Å²) >= 11 is 8.05. The van der Waals surface area contributed by atoms with Gasteiger partial charge in [-0.2, -0.15) is 0 Å². The van der Waals surface area contributed by atoms with Crippen LogP contribution in [0.3, 0.4) is 0 Å². The minimum Gasteiger partial charge on any atom is -0.356 e. The minimum atomic E-state index is 0.680. The van der Waals surface area contributed by atoms with Crippen LogP contribution in [0.5, 0.6) is 0 Å². The van der Waals surface area contributed by atoms with Crippen LogP contribution in [0.25, 0.3) is 11.0 Å². The average molecular weight is 361 g/mol. The molecule has 1 aliphatic rings. The fourth-order valence-corrected chi connectivity index (χ4v) is 4.02. The van der Waals surface area contributed by atoms with Crippen molar-refractivity contribution in [2.24, 2.45) is 0 Å². The molecule has 0 unspecified atom stereocenters. The maximum atomic E-state index is 6.59. The number of halogens is 1. The van der Waals surface area contributed by atoms with Gasteiger partial charge in [-0.3, -0.25) is 0 Å². The Morgan fingerprint density at radius 1 is 1.21 bits per heavy atom. The van der Waals surface area contributed by atoms with Crippen molar-refractivity contribution in [2.45, 2.75) is 36.2 Å². The lowest BCUT2D eigenvalue weighted by Crippen LogP contribution is -2.19. The number of fused-ring (bicyclic) bond motifs is 1. The molecular formula is C16H17ClN6S. The molecule has 8 heteroatoms. The highest BCUT2D eigenvalue weighted by molar-refractivity contribution is 7.99. The average Bonchev–Trinajstić information content (AvgIpc) is 3.23. The van der Waals surface area contributed by atoms with Gasteiger partial charge in [-0.05, 0) is 31.0 Å². The molecular weight excluding hydrogens is 344 g/mol. The highest BCUT2D eigenvalue weighted by atomic mass is 35.5. The molecule has 0 aliphatic carbocycles. The number of aromatic amines is 1. The normalized spacial score (nSPS) is 14.7. The van der Waals surface area contributed by atoms with E-state index in [9.17, 15) is 0 Å². The van der Waals surface area contributed by atoms with E-state index >= 15 is 0 Å². The van der Waals surface area contributed by atoms with E-state index in [-0.39, 0.29) is 0 Å². The highest BCUT2D eigenvalue weighted by Gasteiger charge is 2.23. The third kappa shape index (κ3) is 2.82. The maximum absolute atomic E-state index is 6.59. The van der Waals surface area contributed by atoms with Crippen LogP contribution in [-0.4, -0.2) is 38.0 Å². The summed E-state index contributed by atoms with van der Waals surface area (Å²) in [4.78, 5) is 24.1. The SMILES string of the molecule is CCc1[nH]c2nc(Sc3cncnc3)nc(N3CCCC3)c2c1Cl. The van der Waals surface area contributed by atoms with Crippen molar-refractivity contribution in [3.05, 3.63) is 29.4 Å². The van der Waals surface area contributed by atoms with Gasteiger partial charge in [0.25, 0.3) is 0 Å². The van der Waals surface area contributed by atoms with E-state index < -0.39 is 0 Å². The van der Waals surface area contributed by atoms with Gasteiger partial charge in [-0.1, -0.05) is 18.5 Å². The molecule has 1 saturated heterocycles. The zero-order valence-corrected chi connectivity index (χ0v) is 14.9. The van der Waals surface area contributed by atoms with Crippen LogP contribution >= 0.6 is 23.4 Å². The van der Waals surface area contributed by atoms with Crippen LogP contribution in [0.2, 0.25) is 5.02 Å². The first-order chi connectivity index (χ1) is 11.8. The van der Waals surface area contributed by atoms with Crippen molar-refractivity contribution in [2.75, 3.05) is 18.0 Å². The summed E-state index contributed by atoms with van der Waals surface area (Å²) in [5, 5.41) is 2.36. The van der Waals surface area contributed by atoms with E-state index in [1.807, 2.05) is 0 Å². The van der Waals surface area contributed by atoms with Crippen molar-refractivity contribution >= 4 is 40.2 Å². The number of aryl methyl sites for hydroxylation is 1. The van der Waals surface area contributed by atoms with Crippen LogP contribution < -0.4 is 4.90 Å². The molecule has 3 aromatic heterocycles. The fourth-order valence-electron chi connectivity index (χ4n) is 2.96. The monoisotopic (exact) mass is 360 g/mol. The van der Waals surface area contributed by atoms with E-state index in [4.69, 9.17) is 16.6 Å². The molecule has 4 rings (SSSR count). The van der Waals surface area contributed by atoms with Crippen LogP contribution in [0.15, 0.2) is 28.8 Å². The van der Waals surface area contributed by atoms with Gasteiger partial charge in [0, 0.05) is 31.2 Å². The predicted octanol–water partition coefficient (Wildman–Crippen LogP) is 3.72. The van der Waals surface area contributed by atoms with Crippen molar-refractivity contribution in [1.82, 2.24) is 24.9 Å². The van der Waals surface area contributed by atoms with E-state index in [2.05, 4.69) is 31.8 Å². The summed E-state index contributed by atoms with van der Waals surface area (Å²) in [5.41, 5.74) is 1.81. The van der Waals surface area contributed by atoms with Crippen molar-refractivity contribution in [1.29, 1.82) is 0 Å². The molecule has 1 N–H and O–H groups in total. The number of nitrogens with zero attached hydrogens (tertiary/aromatic N) is 5. The van der Waals surface area contributed by atoms with Crippen molar-refractivity contribution in [3.8, 4) is 0 Å². The van der Waals surface area contributed by atoms with Crippen molar-refractivity contribution in [3.63, 3.8) is 0 Å². The Balaban J connectivity index is 1.83. The van der Waals surface area contributed by atoms with E-state index in [1.54, 1.807) is 12.4 Å². The van der Waals surface area contributed by atoms with Gasteiger partial charge in [0.15, 0.2) is 5.16 Å². The molecule has 0 spiro atoms. The molecule has 124 valence electrons. The number of hydrogen-bond donors (Lipinski definition) is 1. The molecule has 4 heterocycles. The first kappa shape index (κ1) is 15.7. The first-order valence-corrected chi connectivity index (χ1v) is 9.21. The Kier molecular flexibility index (Phi) is 4.28. The number of aromatic nitrogens is 5. The zero-order valence-electron chi connectivity index (χ0n) is 13.3.